The summed E-state index contributed by atoms with van der Waals surface area (Å²) in [6.45, 7) is 3.68. The van der Waals surface area contributed by atoms with Gasteiger partial charge in [0.25, 0.3) is 11.8 Å². The number of hydrogen-bond donors (Lipinski definition) is 0. The van der Waals surface area contributed by atoms with Crippen LogP contribution in [0.15, 0.2) is 95.1 Å². The first-order valence-corrected chi connectivity index (χ1v) is 11.5. The predicted octanol–water partition coefficient (Wildman–Crippen LogP) is 4.86. The van der Waals surface area contributed by atoms with E-state index >= 15 is 0 Å². The first kappa shape index (κ1) is 22.5. The van der Waals surface area contributed by atoms with E-state index in [1.165, 1.54) is 10.0 Å². The SMILES string of the molecule is COc1ccccc1C([C@H]1C(=O)N(c2ccccc2)N=C1C)[C@H]1C(=O)N(c2ccccc2)N=C1C. The molecular weight excluding hydrogens is 440 g/mol. The van der Waals surface area contributed by atoms with E-state index < -0.39 is 17.8 Å². The topological polar surface area (TPSA) is 74.6 Å². The third kappa shape index (κ3) is 3.89. The molecular formula is C28H26N4O3. The first-order chi connectivity index (χ1) is 17.0. The van der Waals surface area contributed by atoms with Crippen LogP contribution in [0.4, 0.5) is 11.4 Å². The summed E-state index contributed by atoms with van der Waals surface area (Å²) in [7, 11) is 1.59. The maximum absolute atomic E-state index is 13.9. The van der Waals surface area contributed by atoms with Gasteiger partial charge >= 0.3 is 0 Å². The third-order valence-electron chi connectivity index (χ3n) is 6.58. The molecule has 7 heteroatoms. The van der Waals surface area contributed by atoms with Crippen molar-refractivity contribution in [3.8, 4) is 5.75 Å². The normalized spacial score (nSPS) is 19.9. The number of methoxy groups -OCH3 is 1. The Labute approximate surface area is 204 Å². The summed E-state index contributed by atoms with van der Waals surface area (Å²) < 4.78 is 5.68. The molecule has 2 amide bonds. The number of carbonyl (C=O) groups excluding carboxylic acids is 2. The van der Waals surface area contributed by atoms with Crippen LogP contribution in [0.25, 0.3) is 0 Å². The Kier molecular flexibility index (Phi) is 5.91. The fraction of sp³-hybridized carbons (Fsp3) is 0.214. The quantitative estimate of drug-likeness (QED) is 0.521. The van der Waals surface area contributed by atoms with E-state index in [1.807, 2.05) is 98.8 Å². The van der Waals surface area contributed by atoms with E-state index in [4.69, 9.17) is 4.74 Å². The smallest absolute Gasteiger partial charge is 0.256 e. The lowest BCUT2D eigenvalue weighted by Gasteiger charge is -2.29. The average molecular weight is 467 g/mol. The fourth-order valence-corrected chi connectivity index (χ4v) is 4.99. The van der Waals surface area contributed by atoms with Gasteiger partial charge in [0.15, 0.2) is 0 Å². The molecule has 5 rings (SSSR count). The Morgan fingerprint density at radius 3 is 1.57 bits per heavy atom. The van der Waals surface area contributed by atoms with Crippen LogP contribution in [-0.4, -0.2) is 30.3 Å². The predicted molar refractivity (Wildman–Crippen MR) is 137 cm³/mol. The Morgan fingerprint density at radius 2 is 1.11 bits per heavy atom. The van der Waals surface area contributed by atoms with Crippen LogP contribution < -0.4 is 14.8 Å². The maximum atomic E-state index is 13.9. The summed E-state index contributed by atoms with van der Waals surface area (Å²) >= 11 is 0. The van der Waals surface area contributed by atoms with Gasteiger partial charge in [-0.25, -0.2) is 10.0 Å². The van der Waals surface area contributed by atoms with Gasteiger partial charge in [-0.2, -0.15) is 10.2 Å². The van der Waals surface area contributed by atoms with Gasteiger partial charge in [0.05, 0.1) is 30.3 Å². The number of carbonyl (C=O) groups is 2. The molecule has 0 N–H and O–H groups in total. The van der Waals surface area contributed by atoms with Gasteiger partial charge in [-0.1, -0.05) is 54.6 Å². The van der Waals surface area contributed by atoms with Gasteiger partial charge < -0.3 is 4.74 Å². The molecule has 0 unspecified atom stereocenters. The zero-order chi connectivity index (χ0) is 24.5. The molecule has 3 aromatic carbocycles. The molecule has 0 saturated carbocycles. The Balaban J connectivity index is 1.61. The van der Waals surface area contributed by atoms with Gasteiger partial charge in [0.2, 0.25) is 0 Å². The Hall–Kier alpha value is -4.26. The van der Waals surface area contributed by atoms with E-state index in [9.17, 15) is 9.59 Å². The number of anilines is 2. The number of amides is 2. The van der Waals surface area contributed by atoms with Crippen molar-refractivity contribution in [3.05, 3.63) is 90.5 Å². The van der Waals surface area contributed by atoms with Crippen molar-refractivity contribution < 1.29 is 14.3 Å². The second kappa shape index (κ2) is 9.18. The molecule has 2 atom stereocenters. The van der Waals surface area contributed by atoms with Crippen molar-refractivity contribution in [2.45, 2.75) is 19.8 Å². The van der Waals surface area contributed by atoms with E-state index in [1.54, 1.807) is 7.11 Å². The summed E-state index contributed by atoms with van der Waals surface area (Å²) in [6, 6.07) is 26.2. The monoisotopic (exact) mass is 466 g/mol. The zero-order valence-electron chi connectivity index (χ0n) is 19.8. The first-order valence-electron chi connectivity index (χ1n) is 11.5. The highest BCUT2D eigenvalue weighted by Gasteiger charge is 2.50. The van der Waals surface area contributed by atoms with Crippen molar-refractivity contribution in [2.75, 3.05) is 17.1 Å². The molecule has 2 aliphatic rings. The van der Waals surface area contributed by atoms with Crippen LogP contribution in [0, 0.1) is 11.8 Å². The van der Waals surface area contributed by atoms with Crippen LogP contribution in [0.3, 0.4) is 0 Å². The van der Waals surface area contributed by atoms with E-state index in [-0.39, 0.29) is 11.8 Å². The molecule has 3 aromatic rings. The van der Waals surface area contributed by atoms with Crippen molar-refractivity contribution in [1.82, 2.24) is 0 Å². The molecule has 2 aliphatic heterocycles. The number of ether oxygens (including phenoxy) is 1. The average Bonchev–Trinajstić information content (AvgIpc) is 3.36. The zero-order valence-corrected chi connectivity index (χ0v) is 19.8. The summed E-state index contributed by atoms with van der Waals surface area (Å²) in [4.78, 5) is 27.7. The van der Waals surface area contributed by atoms with Crippen LogP contribution in [-0.2, 0) is 9.59 Å². The van der Waals surface area contributed by atoms with Gasteiger partial charge in [0, 0.05) is 17.3 Å². The minimum Gasteiger partial charge on any atom is -0.496 e. The molecule has 2 heterocycles. The van der Waals surface area contributed by atoms with E-state index in [0.717, 1.165) is 5.56 Å². The van der Waals surface area contributed by atoms with Gasteiger partial charge in [0.1, 0.15) is 5.75 Å². The summed E-state index contributed by atoms with van der Waals surface area (Å²) in [6.07, 6.45) is 0. The minimum atomic E-state index is -0.652. The minimum absolute atomic E-state index is 0.177. The van der Waals surface area contributed by atoms with Crippen LogP contribution in [0.5, 0.6) is 5.75 Å². The standard InChI is InChI=1S/C28H26N4O3/c1-18-24(27(33)31(29-18)20-12-6-4-7-13-20)26(22-16-10-11-17-23(22)35-3)25-19(2)30-32(28(25)34)21-14-8-5-9-15-21/h4-17,24-26H,1-3H3/t24-,25-/m0/s1. The third-order valence-corrected chi connectivity index (χ3v) is 6.58. The second-order valence-corrected chi connectivity index (χ2v) is 8.68. The van der Waals surface area contributed by atoms with Crippen LogP contribution in [0.1, 0.15) is 25.3 Å². The number of benzene rings is 3. The van der Waals surface area contributed by atoms with Crippen LogP contribution in [0.2, 0.25) is 0 Å². The number of hydrazone groups is 2. The molecule has 0 aromatic heterocycles. The summed E-state index contributed by atoms with van der Waals surface area (Å²) in [5.41, 5.74) is 3.45. The van der Waals surface area contributed by atoms with Gasteiger partial charge in [-0.05, 0) is 49.7 Å². The van der Waals surface area contributed by atoms with Crippen molar-refractivity contribution in [1.29, 1.82) is 0 Å². The number of hydrogen-bond acceptors (Lipinski definition) is 5. The molecule has 0 saturated heterocycles. The number of nitrogens with zero attached hydrogens (tertiary/aromatic N) is 4. The second-order valence-electron chi connectivity index (χ2n) is 8.68. The molecule has 0 aliphatic carbocycles. The lowest BCUT2D eigenvalue weighted by atomic mass is 9.72. The molecule has 0 bridgehead atoms. The van der Waals surface area contributed by atoms with Crippen LogP contribution >= 0.6 is 0 Å². The highest BCUT2D eigenvalue weighted by Crippen LogP contribution is 2.45. The molecule has 0 fully saturated rings. The van der Waals surface area contributed by atoms with Crippen molar-refractivity contribution >= 4 is 34.6 Å². The fourth-order valence-electron chi connectivity index (χ4n) is 4.99. The molecule has 176 valence electrons. The van der Waals surface area contributed by atoms with Crippen molar-refractivity contribution in [3.63, 3.8) is 0 Å². The lowest BCUT2D eigenvalue weighted by Crippen LogP contribution is -2.40. The Morgan fingerprint density at radius 1 is 0.686 bits per heavy atom. The van der Waals surface area contributed by atoms with Crippen molar-refractivity contribution in [2.24, 2.45) is 22.0 Å². The highest BCUT2D eigenvalue weighted by atomic mass is 16.5. The highest BCUT2D eigenvalue weighted by molar-refractivity contribution is 6.19. The lowest BCUT2D eigenvalue weighted by molar-refractivity contribution is -0.122. The van der Waals surface area contributed by atoms with Gasteiger partial charge in [-0.3, -0.25) is 9.59 Å². The summed E-state index contributed by atoms with van der Waals surface area (Å²) in [5.74, 6) is -1.58. The molecule has 0 spiro atoms. The maximum Gasteiger partial charge on any atom is 0.256 e. The van der Waals surface area contributed by atoms with E-state index in [2.05, 4.69) is 10.2 Å². The van der Waals surface area contributed by atoms with E-state index in [0.29, 0.717) is 28.5 Å². The number of rotatable bonds is 6. The molecule has 0 radical (unpaired) electrons. The molecule has 35 heavy (non-hydrogen) atoms. The summed E-state index contributed by atoms with van der Waals surface area (Å²) in [5, 5.41) is 12.1. The Bertz CT molecular complexity index is 1240. The van der Waals surface area contributed by atoms with Gasteiger partial charge in [-0.15, -0.1) is 0 Å². The number of para-hydroxylation sites is 3. The largest absolute Gasteiger partial charge is 0.496 e. The molecule has 7 nitrogen and oxygen atoms in total.